The van der Waals surface area contributed by atoms with Crippen molar-refractivity contribution in [3.63, 3.8) is 0 Å². The number of methoxy groups -OCH3 is 2. The second-order valence-electron chi connectivity index (χ2n) is 6.69. The quantitative estimate of drug-likeness (QED) is 0.525. The van der Waals surface area contributed by atoms with Gasteiger partial charge < -0.3 is 14.5 Å². The molecule has 0 saturated carbocycles. The van der Waals surface area contributed by atoms with Crippen molar-refractivity contribution in [2.75, 3.05) is 19.2 Å². The van der Waals surface area contributed by atoms with Gasteiger partial charge in [0.25, 0.3) is 0 Å². The average molecular weight is 398 g/mol. The number of hydrazine groups is 1. The summed E-state index contributed by atoms with van der Waals surface area (Å²) in [7, 11) is 3.24. The van der Waals surface area contributed by atoms with Gasteiger partial charge in [0.05, 0.1) is 26.5 Å². The summed E-state index contributed by atoms with van der Waals surface area (Å²) in [4.78, 5) is 0. The molecule has 0 saturated heterocycles. The standard InChI is InChI=1S/C23H24F2N2O2/c1-16(18-12-19(24)14-20(25)13-18)26-27(21-6-10-23(29-3)11-7-21)15-17-4-8-22(28-2)9-5-17/h4-14,16,26H,15H2,1-3H3. The Labute approximate surface area is 169 Å². The molecule has 0 aromatic heterocycles. The first-order valence-corrected chi connectivity index (χ1v) is 9.25. The number of nitrogens with one attached hydrogen (secondary N) is 1. The summed E-state index contributed by atoms with van der Waals surface area (Å²) in [5, 5.41) is 1.94. The van der Waals surface area contributed by atoms with E-state index < -0.39 is 11.6 Å². The van der Waals surface area contributed by atoms with Crippen molar-refractivity contribution in [1.29, 1.82) is 0 Å². The summed E-state index contributed by atoms with van der Waals surface area (Å²) in [6, 6.07) is 18.5. The van der Waals surface area contributed by atoms with Crippen LogP contribution in [-0.4, -0.2) is 14.2 Å². The van der Waals surface area contributed by atoms with Gasteiger partial charge in [0.1, 0.15) is 23.1 Å². The maximum atomic E-state index is 13.6. The lowest BCUT2D eigenvalue weighted by atomic mass is 10.1. The molecule has 4 nitrogen and oxygen atoms in total. The molecule has 1 N–H and O–H groups in total. The van der Waals surface area contributed by atoms with Crippen molar-refractivity contribution >= 4 is 5.69 Å². The van der Waals surface area contributed by atoms with Crippen molar-refractivity contribution in [2.24, 2.45) is 0 Å². The Kier molecular flexibility index (Phi) is 6.67. The highest BCUT2D eigenvalue weighted by Gasteiger charge is 2.15. The fourth-order valence-corrected chi connectivity index (χ4v) is 3.02. The van der Waals surface area contributed by atoms with E-state index in [4.69, 9.17) is 9.47 Å². The first-order chi connectivity index (χ1) is 14.0. The lowest BCUT2D eigenvalue weighted by Gasteiger charge is -2.30. The van der Waals surface area contributed by atoms with Gasteiger partial charge in [-0.25, -0.2) is 14.2 Å². The number of benzene rings is 3. The van der Waals surface area contributed by atoms with Crippen molar-refractivity contribution in [3.8, 4) is 11.5 Å². The van der Waals surface area contributed by atoms with E-state index in [0.717, 1.165) is 28.8 Å². The summed E-state index contributed by atoms with van der Waals surface area (Å²) in [6.07, 6.45) is 0. The van der Waals surface area contributed by atoms with Gasteiger partial charge in [0.15, 0.2) is 0 Å². The van der Waals surface area contributed by atoms with Crippen molar-refractivity contribution < 1.29 is 18.3 Å². The van der Waals surface area contributed by atoms with Crippen LogP contribution in [0.15, 0.2) is 66.7 Å². The van der Waals surface area contributed by atoms with Crippen molar-refractivity contribution in [3.05, 3.63) is 89.5 Å². The van der Waals surface area contributed by atoms with Gasteiger partial charge in [-0.15, -0.1) is 0 Å². The highest BCUT2D eigenvalue weighted by atomic mass is 19.1. The van der Waals surface area contributed by atoms with Gasteiger partial charge in [-0.1, -0.05) is 12.1 Å². The molecule has 1 atom stereocenters. The van der Waals surface area contributed by atoms with Crippen LogP contribution in [-0.2, 0) is 6.54 Å². The third kappa shape index (κ3) is 5.45. The molecule has 0 radical (unpaired) electrons. The van der Waals surface area contributed by atoms with E-state index in [2.05, 4.69) is 5.43 Å². The number of hydrogen-bond donors (Lipinski definition) is 1. The minimum atomic E-state index is -0.597. The van der Waals surface area contributed by atoms with E-state index >= 15 is 0 Å². The summed E-state index contributed by atoms with van der Waals surface area (Å²) >= 11 is 0. The van der Waals surface area contributed by atoms with Gasteiger partial charge >= 0.3 is 0 Å². The lowest BCUT2D eigenvalue weighted by Crippen LogP contribution is -2.39. The van der Waals surface area contributed by atoms with Crippen LogP contribution in [0.5, 0.6) is 11.5 Å². The minimum absolute atomic E-state index is 0.319. The fourth-order valence-electron chi connectivity index (χ4n) is 3.02. The Bertz CT molecular complexity index is 910. The monoisotopic (exact) mass is 398 g/mol. The Morgan fingerprint density at radius 3 is 1.86 bits per heavy atom. The van der Waals surface area contributed by atoms with Crippen LogP contribution >= 0.6 is 0 Å². The van der Waals surface area contributed by atoms with Crippen molar-refractivity contribution in [1.82, 2.24) is 5.43 Å². The normalized spacial score (nSPS) is 11.8. The van der Waals surface area contributed by atoms with Crippen LogP contribution in [0.3, 0.4) is 0 Å². The second kappa shape index (κ2) is 9.39. The number of ether oxygens (including phenoxy) is 2. The minimum Gasteiger partial charge on any atom is -0.497 e. The molecule has 3 aromatic rings. The number of rotatable bonds is 8. The summed E-state index contributed by atoms with van der Waals surface area (Å²) in [5.41, 5.74) is 5.81. The highest BCUT2D eigenvalue weighted by molar-refractivity contribution is 5.49. The maximum absolute atomic E-state index is 13.6. The summed E-state index contributed by atoms with van der Waals surface area (Å²) in [6.45, 7) is 2.40. The zero-order valence-electron chi connectivity index (χ0n) is 16.7. The molecule has 3 rings (SSSR count). The van der Waals surface area contributed by atoms with Crippen LogP contribution in [0.2, 0.25) is 0 Å². The predicted octanol–water partition coefficient (Wildman–Crippen LogP) is 5.25. The molecule has 3 aromatic carbocycles. The molecular weight excluding hydrogens is 374 g/mol. The highest BCUT2D eigenvalue weighted by Crippen LogP contribution is 2.24. The lowest BCUT2D eigenvalue weighted by molar-refractivity contribution is 0.414. The molecule has 29 heavy (non-hydrogen) atoms. The molecule has 0 spiro atoms. The molecule has 1 unspecified atom stereocenters. The molecular formula is C23H24F2N2O2. The van der Waals surface area contributed by atoms with E-state index in [1.54, 1.807) is 14.2 Å². The number of halogens is 2. The Balaban J connectivity index is 1.86. The maximum Gasteiger partial charge on any atom is 0.126 e. The van der Waals surface area contributed by atoms with E-state index in [0.29, 0.717) is 12.1 Å². The van der Waals surface area contributed by atoms with Crippen LogP contribution in [0.4, 0.5) is 14.5 Å². The van der Waals surface area contributed by atoms with Gasteiger partial charge in [-0.05, 0) is 66.6 Å². The molecule has 0 fully saturated rings. The first-order valence-electron chi connectivity index (χ1n) is 9.25. The second-order valence-corrected chi connectivity index (χ2v) is 6.69. The zero-order valence-corrected chi connectivity index (χ0v) is 16.7. The van der Waals surface area contributed by atoms with Crippen LogP contribution in [0.25, 0.3) is 0 Å². The molecule has 0 bridgehead atoms. The fraction of sp³-hybridized carbons (Fsp3) is 0.217. The molecule has 152 valence electrons. The smallest absolute Gasteiger partial charge is 0.126 e. The zero-order chi connectivity index (χ0) is 20.8. The summed E-state index contributed by atoms with van der Waals surface area (Å²) < 4.78 is 37.7. The SMILES string of the molecule is COc1ccc(CN(NC(C)c2cc(F)cc(F)c2)c2ccc(OC)cc2)cc1. The average Bonchev–Trinajstić information content (AvgIpc) is 2.73. The number of nitrogens with zero attached hydrogens (tertiary/aromatic N) is 1. The topological polar surface area (TPSA) is 33.7 Å². The Morgan fingerprint density at radius 1 is 0.828 bits per heavy atom. The predicted molar refractivity (Wildman–Crippen MR) is 110 cm³/mol. The van der Waals surface area contributed by atoms with Crippen molar-refractivity contribution in [2.45, 2.75) is 19.5 Å². The van der Waals surface area contributed by atoms with Crippen LogP contribution in [0.1, 0.15) is 24.1 Å². The third-order valence-corrected chi connectivity index (χ3v) is 4.62. The molecule has 0 amide bonds. The van der Waals surface area contributed by atoms with E-state index in [9.17, 15) is 8.78 Å². The van der Waals surface area contributed by atoms with Gasteiger partial charge in [-0.2, -0.15) is 0 Å². The molecule has 0 aliphatic heterocycles. The molecule has 6 heteroatoms. The van der Waals surface area contributed by atoms with E-state index in [-0.39, 0.29) is 6.04 Å². The molecule has 0 heterocycles. The van der Waals surface area contributed by atoms with Crippen LogP contribution < -0.4 is 19.9 Å². The van der Waals surface area contributed by atoms with Gasteiger partial charge in [0, 0.05) is 12.1 Å². The number of anilines is 1. The Morgan fingerprint density at radius 2 is 1.34 bits per heavy atom. The van der Waals surface area contributed by atoms with Gasteiger partial charge in [0.2, 0.25) is 0 Å². The largest absolute Gasteiger partial charge is 0.497 e. The first kappa shape index (κ1) is 20.6. The van der Waals surface area contributed by atoms with E-state index in [1.807, 2.05) is 60.5 Å². The third-order valence-electron chi connectivity index (χ3n) is 4.62. The van der Waals surface area contributed by atoms with Crippen LogP contribution in [0, 0.1) is 11.6 Å². The Hall–Kier alpha value is -3.12. The number of hydrogen-bond acceptors (Lipinski definition) is 4. The van der Waals surface area contributed by atoms with Gasteiger partial charge in [-0.3, -0.25) is 0 Å². The van der Waals surface area contributed by atoms with E-state index in [1.165, 1.54) is 12.1 Å². The molecule has 0 aliphatic carbocycles. The molecule has 0 aliphatic rings. The summed E-state index contributed by atoms with van der Waals surface area (Å²) in [5.74, 6) is 0.333.